The van der Waals surface area contributed by atoms with Gasteiger partial charge in [-0.2, -0.15) is 0 Å². The molecule has 1 atom stereocenters. The zero-order valence-electron chi connectivity index (χ0n) is 19.7. The summed E-state index contributed by atoms with van der Waals surface area (Å²) in [4.78, 5) is 27.9. The molecule has 5 rings (SSSR count). The van der Waals surface area contributed by atoms with Gasteiger partial charge in [-0.3, -0.25) is 4.79 Å². The van der Waals surface area contributed by atoms with E-state index in [1.807, 2.05) is 54.3 Å². The van der Waals surface area contributed by atoms with Crippen molar-refractivity contribution in [3.8, 4) is 5.69 Å². The zero-order valence-corrected chi connectivity index (χ0v) is 19.7. The number of anilines is 2. The van der Waals surface area contributed by atoms with Gasteiger partial charge in [0.2, 0.25) is 0 Å². The molecule has 34 heavy (non-hydrogen) atoms. The van der Waals surface area contributed by atoms with E-state index in [1.165, 1.54) is 11.1 Å². The summed E-state index contributed by atoms with van der Waals surface area (Å²) in [6.07, 6.45) is 11.7. The molecule has 0 unspecified atom stereocenters. The summed E-state index contributed by atoms with van der Waals surface area (Å²) in [6, 6.07) is 12.5. The summed E-state index contributed by atoms with van der Waals surface area (Å²) in [5, 5.41) is 3.10. The molecule has 1 aliphatic rings. The van der Waals surface area contributed by atoms with Crippen LogP contribution in [0.2, 0.25) is 0 Å². The molecule has 0 bridgehead atoms. The number of nitrogens with zero attached hydrogens (tertiary/aromatic N) is 5. The van der Waals surface area contributed by atoms with Crippen LogP contribution in [-0.2, 0) is 19.3 Å². The second kappa shape index (κ2) is 9.09. The minimum absolute atomic E-state index is 0.0999. The van der Waals surface area contributed by atoms with Crippen LogP contribution in [0.15, 0.2) is 67.6 Å². The van der Waals surface area contributed by atoms with E-state index in [4.69, 9.17) is 0 Å². The molecular formula is C27H28N6O. The molecule has 0 radical (unpaired) electrons. The third kappa shape index (κ3) is 4.41. The Morgan fingerprint density at radius 1 is 1.12 bits per heavy atom. The van der Waals surface area contributed by atoms with E-state index >= 15 is 0 Å². The van der Waals surface area contributed by atoms with Crippen molar-refractivity contribution in [2.24, 2.45) is 0 Å². The molecule has 1 amide bonds. The van der Waals surface area contributed by atoms with Crippen LogP contribution in [0.4, 0.5) is 11.4 Å². The van der Waals surface area contributed by atoms with Crippen molar-refractivity contribution in [2.45, 2.75) is 39.2 Å². The van der Waals surface area contributed by atoms with Gasteiger partial charge in [-0.1, -0.05) is 13.0 Å². The second-order valence-electron chi connectivity index (χ2n) is 8.87. The number of hydrogen-bond acceptors (Lipinski definition) is 5. The Labute approximate surface area is 199 Å². The standard InChI is InChI=1S/C27H28N6O/c1-4-19-7-23(12-25(8-19)33-15-18(2)30-17-33)31-27(34)21-6-5-20-10-24(11-22(20)9-21)32(3)26-13-28-16-29-14-26/h5-9,12-17,24H,4,10-11H2,1-3H3,(H,31,34)/t24-/m1/s1. The minimum Gasteiger partial charge on any atom is -0.368 e. The summed E-state index contributed by atoms with van der Waals surface area (Å²) in [5.41, 5.74) is 8.06. The van der Waals surface area contributed by atoms with Gasteiger partial charge >= 0.3 is 0 Å². The molecule has 0 fully saturated rings. The van der Waals surface area contributed by atoms with Crippen molar-refractivity contribution in [1.29, 1.82) is 0 Å². The van der Waals surface area contributed by atoms with Crippen LogP contribution in [0.3, 0.4) is 0 Å². The molecule has 0 saturated heterocycles. The quantitative estimate of drug-likeness (QED) is 0.470. The highest BCUT2D eigenvalue weighted by Crippen LogP contribution is 2.29. The SMILES string of the molecule is CCc1cc(NC(=O)c2ccc3c(c2)C[C@H](N(C)c2cncnc2)C3)cc(-n2cnc(C)c2)c1. The topological polar surface area (TPSA) is 75.9 Å². The lowest BCUT2D eigenvalue weighted by Gasteiger charge is -2.25. The van der Waals surface area contributed by atoms with Gasteiger partial charge in [-0.25, -0.2) is 15.0 Å². The first-order valence-corrected chi connectivity index (χ1v) is 11.6. The van der Waals surface area contributed by atoms with Gasteiger partial charge in [0.25, 0.3) is 5.91 Å². The van der Waals surface area contributed by atoms with Crippen molar-refractivity contribution in [2.75, 3.05) is 17.3 Å². The lowest BCUT2D eigenvalue weighted by atomic mass is 10.1. The number of carbonyl (C=O) groups excluding carboxylic acids is 1. The Kier molecular flexibility index (Phi) is 5.84. The Balaban J connectivity index is 1.33. The van der Waals surface area contributed by atoms with E-state index in [1.54, 1.807) is 12.7 Å². The molecule has 7 heteroatoms. The fourth-order valence-electron chi connectivity index (χ4n) is 4.56. The lowest BCUT2D eigenvalue weighted by Crippen LogP contribution is -2.32. The summed E-state index contributed by atoms with van der Waals surface area (Å²) in [6.45, 7) is 4.08. The van der Waals surface area contributed by atoms with Crippen LogP contribution < -0.4 is 10.2 Å². The van der Waals surface area contributed by atoms with E-state index < -0.39 is 0 Å². The van der Waals surface area contributed by atoms with Gasteiger partial charge in [-0.15, -0.1) is 0 Å². The smallest absolute Gasteiger partial charge is 0.255 e. The maximum Gasteiger partial charge on any atom is 0.255 e. The fraction of sp³-hybridized carbons (Fsp3) is 0.259. The van der Waals surface area contributed by atoms with Gasteiger partial charge in [0, 0.05) is 36.2 Å². The molecule has 172 valence electrons. The van der Waals surface area contributed by atoms with Gasteiger partial charge in [-0.05, 0) is 73.2 Å². The maximum atomic E-state index is 13.1. The van der Waals surface area contributed by atoms with Gasteiger partial charge in [0.15, 0.2) is 0 Å². The highest BCUT2D eigenvalue weighted by Gasteiger charge is 2.26. The monoisotopic (exact) mass is 452 g/mol. The van der Waals surface area contributed by atoms with Gasteiger partial charge in [0.1, 0.15) is 6.33 Å². The summed E-state index contributed by atoms with van der Waals surface area (Å²) in [5.74, 6) is -0.0999. The third-order valence-electron chi connectivity index (χ3n) is 6.53. The number of hydrogen-bond donors (Lipinski definition) is 1. The molecule has 0 spiro atoms. The number of aryl methyl sites for hydroxylation is 2. The number of amides is 1. The number of benzene rings is 2. The number of imidazole rings is 1. The first kappa shape index (κ1) is 21.8. The third-order valence-corrected chi connectivity index (χ3v) is 6.53. The molecular weight excluding hydrogens is 424 g/mol. The normalized spacial score (nSPS) is 14.6. The largest absolute Gasteiger partial charge is 0.368 e. The van der Waals surface area contributed by atoms with Crippen LogP contribution in [-0.4, -0.2) is 38.5 Å². The molecule has 4 aromatic rings. The van der Waals surface area contributed by atoms with Crippen LogP contribution in [0.25, 0.3) is 5.69 Å². The zero-order chi connectivity index (χ0) is 23.7. The van der Waals surface area contributed by atoms with E-state index in [0.717, 1.165) is 47.6 Å². The first-order chi connectivity index (χ1) is 16.5. The minimum atomic E-state index is -0.0999. The van der Waals surface area contributed by atoms with Crippen LogP contribution >= 0.6 is 0 Å². The number of carbonyl (C=O) groups is 1. The number of rotatable bonds is 6. The van der Waals surface area contributed by atoms with Crippen molar-refractivity contribution in [3.05, 3.63) is 95.6 Å². The molecule has 2 heterocycles. The Morgan fingerprint density at radius 2 is 1.91 bits per heavy atom. The summed E-state index contributed by atoms with van der Waals surface area (Å²) < 4.78 is 1.98. The average molecular weight is 453 g/mol. The predicted molar refractivity (Wildman–Crippen MR) is 134 cm³/mol. The van der Waals surface area contributed by atoms with Gasteiger partial charge in [0.05, 0.1) is 30.1 Å². The Bertz CT molecular complexity index is 1330. The highest BCUT2D eigenvalue weighted by molar-refractivity contribution is 6.04. The lowest BCUT2D eigenvalue weighted by molar-refractivity contribution is 0.102. The van der Waals surface area contributed by atoms with Crippen LogP contribution in [0.1, 0.15) is 39.7 Å². The molecule has 1 N–H and O–H groups in total. The first-order valence-electron chi connectivity index (χ1n) is 11.6. The molecule has 1 aliphatic carbocycles. The molecule has 2 aromatic carbocycles. The average Bonchev–Trinajstić information content (AvgIpc) is 3.49. The Morgan fingerprint density at radius 3 is 2.65 bits per heavy atom. The number of likely N-dealkylation sites (N-methyl/N-ethyl adjacent to an activating group) is 1. The van der Waals surface area contributed by atoms with Crippen LogP contribution in [0, 0.1) is 6.92 Å². The number of fused-ring (bicyclic) bond motifs is 1. The van der Waals surface area contributed by atoms with E-state index in [2.05, 4.69) is 51.3 Å². The summed E-state index contributed by atoms with van der Waals surface area (Å²) >= 11 is 0. The molecule has 7 nitrogen and oxygen atoms in total. The van der Waals surface area contributed by atoms with E-state index in [-0.39, 0.29) is 5.91 Å². The number of aromatic nitrogens is 4. The van der Waals surface area contributed by atoms with Crippen molar-refractivity contribution in [1.82, 2.24) is 19.5 Å². The second-order valence-corrected chi connectivity index (χ2v) is 8.87. The van der Waals surface area contributed by atoms with Crippen molar-refractivity contribution >= 4 is 17.3 Å². The molecule has 0 saturated carbocycles. The van der Waals surface area contributed by atoms with E-state index in [0.29, 0.717) is 11.6 Å². The Hall–Kier alpha value is -4.00. The van der Waals surface area contributed by atoms with Gasteiger partial charge < -0.3 is 14.8 Å². The predicted octanol–water partition coefficient (Wildman–Crippen LogP) is 4.39. The molecule has 0 aliphatic heterocycles. The van der Waals surface area contributed by atoms with Crippen molar-refractivity contribution < 1.29 is 4.79 Å². The van der Waals surface area contributed by atoms with E-state index in [9.17, 15) is 4.79 Å². The number of nitrogens with one attached hydrogen (secondary N) is 1. The molecule has 2 aromatic heterocycles. The summed E-state index contributed by atoms with van der Waals surface area (Å²) in [7, 11) is 2.07. The fourth-order valence-corrected chi connectivity index (χ4v) is 4.56. The van der Waals surface area contributed by atoms with Crippen molar-refractivity contribution in [3.63, 3.8) is 0 Å². The highest BCUT2D eigenvalue weighted by atomic mass is 16.1. The maximum absolute atomic E-state index is 13.1. The van der Waals surface area contributed by atoms with Crippen LogP contribution in [0.5, 0.6) is 0 Å².